The lowest BCUT2D eigenvalue weighted by Gasteiger charge is -2.30. The summed E-state index contributed by atoms with van der Waals surface area (Å²) in [6, 6.07) is -0.0359. The quantitative estimate of drug-likeness (QED) is 0.682. The maximum Gasteiger partial charge on any atom is 0.315 e. The van der Waals surface area contributed by atoms with Gasteiger partial charge in [-0.3, -0.25) is 0 Å². The molecule has 2 amide bonds. The Morgan fingerprint density at radius 2 is 2.22 bits per heavy atom. The maximum atomic E-state index is 12.1. The molecule has 1 saturated carbocycles. The van der Waals surface area contributed by atoms with Crippen molar-refractivity contribution in [3.05, 3.63) is 16.1 Å². The van der Waals surface area contributed by atoms with Gasteiger partial charge in [0.2, 0.25) is 0 Å². The van der Waals surface area contributed by atoms with E-state index >= 15 is 0 Å². The van der Waals surface area contributed by atoms with Gasteiger partial charge in [-0.1, -0.05) is 26.2 Å². The molecule has 0 saturated heterocycles. The van der Waals surface area contributed by atoms with Gasteiger partial charge in [0.15, 0.2) is 0 Å². The number of carbonyl (C=O) groups excluding carboxylic acids is 1. The summed E-state index contributed by atoms with van der Waals surface area (Å²) < 4.78 is 0. The van der Waals surface area contributed by atoms with Gasteiger partial charge in [0.25, 0.3) is 0 Å². The number of hydrogen-bond donors (Lipinski definition) is 3. The minimum Gasteiger partial charge on any atom is -0.396 e. The monoisotopic (exact) mass is 339 g/mol. The number of aliphatic hydroxyl groups excluding tert-OH is 1. The van der Waals surface area contributed by atoms with Gasteiger partial charge in [-0.05, 0) is 31.6 Å². The van der Waals surface area contributed by atoms with Crippen LogP contribution >= 0.6 is 11.3 Å². The molecule has 6 heteroatoms. The molecule has 1 atom stereocenters. The third kappa shape index (κ3) is 6.11. The largest absolute Gasteiger partial charge is 0.396 e. The Balaban J connectivity index is 1.72. The van der Waals surface area contributed by atoms with Crippen LogP contribution in [0.5, 0.6) is 0 Å². The number of hydrogen-bond acceptors (Lipinski definition) is 4. The maximum absolute atomic E-state index is 12.1. The van der Waals surface area contributed by atoms with Crippen molar-refractivity contribution in [2.45, 2.75) is 64.3 Å². The van der Waals surface area contributed by atoms with E-state index < -0.39 is 0 Å². The standard InChI is InChI=1S/C17H29N3O2S/c1-2-16-19-14(12-23-16)8-10-18-17(22)20-15(9-11-21)13-6-4-3-5-7-13/h12-13,15,21H,2-11H2,1H3,(H2,18,20,22). The Hall–Kier alpha value is -1.14. The van der Waals surface area contributed by atoms with Crippen LogP contribution in [0.2, 0.25) is 0 Å². The highest BCUT2D eigenvalue weighted by atomic mass is 32.1. The SMILES string of the molecule is CCc1nc(CCNC(=O)NC(CCO)C2CCCCC2)cs1. The Morgan fingerprint density at radius 3 is 2.87 bits per heavy atom. The van der Waals surface area contributed by atoms with Crippen LogP contribution in [0.25, 0.3) is 0 Å². The van der Waals surface area contributed by atoms with Crippen LogP contribution in [0.15, 0.2) is 5.38 Å². The first-order valence-electron chi connectivity index (χ1n) is 8.81. The average Bonchev–Trinajstić information content (AvgIpc) is 3.03. The molecule has 2 rings (SSSR count). The predicted molar refractivity (Wildman–Crippen MR) is 93.8 cm³/mol. The summed E-state index contributed by atoms with van der Waals surface area (Å²) in [4.78, 5) is 16.6. The topological polar surface area (TPSA) is 74.2 Å². The zero-order chi connectivity index (χ0) is 16.5. The lowest BCUT2D eigenvalue weighted by atomic mass is 9.83. The van der Waals surface area contributed by atoms with E-state index in [4.69, 9.17) is 0 Å². The smallest absolute Gasteiger partial charge is 0.315 e. The van der Waals surface area contributed by atoms with Gasteiger partial charge in [-0.15, -0.1) is 11.3 Å². The Bertz CT molecular complexity index is 472. The summed E-state index contributed by atoms with van der Waals surface area (Å²) in [6.07, 6.45) is 8.44. The normalized spacial score (nSPS) is 17.0. The van der Waals surface area contributed by atoms with Crippen LogP contribution in [0.1, 0.15) is 56.2 Å². The zero-order valence-electron chi connectivity index (χ0n) is 14.0. The number of urea groups is 1. The van der Waals surface area contributed by atoms with Crippen molar-refractivity contribution in [1.29, 1.82) is 0 Å². The van der Waals surface area contributed by atoms with Crippen molar-refractivity contribution in [2.75, 3.05) is 13.2 Å². The first-order chi connectivity index (χ1) is 11.2. The third-order valence-electron chi connectivity index (χ3n) is 4.54. The lowest BCUT2D eigenvalue weighted by molar-refractivity contribution is 0.197. The molecule has 3 N–H and O–H groups in total. The first-order valence-corrected chi connectivity index (χ1v) is 9.69. The highest BCUT2D eigenvalue weighted by Gasteiger charge is 2.24. The Morgan fingerprint density at radius 1 is 1.43 bits per heavy atom. The minimum atomic E-state index is -0.125. The van der Waals surface area contributed by atoms with Crippen molar-refractivity contribution in [2.24, 2.45) is 5.92 Å². The zero-order valence-corrected chi connectivity index (χ0v) is 14.8. The summed E-state index contributed by atoms with van der Waals surface area (Å²) in [6.45, 7) is 2.82. The molecule has 0 aliphatic heterocycles. The Kier molecular flexibility index (Phi) is 7.82. The number of thiazole rings is 1. The van der Waals surface area contributed by atoms with Crippen LogP contribution in [-0.2, 0) is 12.8 Å². The highest BCUT2D eigenvalue weighted by Crippen LogP contribution is 2.27. The van der Waals surface area contributed by atoms with E-state index in [9.17, 15) is 9.90 Å². The second kappa shape index (κ2) is 9.88. The fraction of sp³-hybridized carbons (Fsp3) is 0.765. The number of aromatic nitrogens is 1. The molecule has 5 nitrogen and oxygen atoms in total. The number of aryl methyl sites for hydroxylation is 1. The van der Waals surface area contributed by atoms with Crippen LogP contribution in [-0.4, -0.2) is 35.3 Å². The van der Waals surface area contributed by atoms with E-state index in [0.717, 1.165) is 36.4 Å². The number of aliphatic hydroxyl groups is 1. The number of carbonyl (C=O) groups is 1. The van der Waals surface area contributed by atoms with Crippen molar-refractivity contribution in [1.82, 2.24) is 15.6 Å². The average molecular weight is 340 g/mol. The molecule has 1 aromatic heterocycles. The molecule has 23 heavy (non-hydrogen) atoms. The predicted octanol–water partition coefficient (Wildman–Crippen LogP) is 2.88. The van der Waals surface area contributed by atoms with Gasteiger partial charge in [-0.2, -0.15) is 0 Å². The number of amides is 2. The van der Waals surface area contributed by atoms with E-state index in [1.165, 1.54) is 19.3 Å². The molecule has 0 spiro atoms. The van der Waals surface area contributed by atoms with E-state index in [0.29, 0.717) is 18.9 Å². The number of rotatable bonds is 8. The number of nitrogens with zero attached hydrogens (tertiary/aromatic N) is 1. The van der Waals surface area contributed by atoms with Gasteiger partial charge in [0, 0.05) is 31.0 Å². The molecule has 130 valence electrons. The van der Waals surface area contributed by atoms with Gasteiger partial charge >= 0.3 is 6.03 Å². The van der Waals surface area contributed by atoms with Crippen molar-refractivity contribution in [3.8, 4) is 0 Å². The molecular formula is C17H29N3O2S. The molecule has 1 unspecified atom stereocenters. The van der Waals surface area contributed by atoms with E-state index in [1.54, 1.807) is 11.3 Å². The fourth-order valence-corrected chi connectivity index (χ4v) is 4.03. The van der Waals surface area contributed by atoms with E-state index in [1.807, 2.05) is 0 Å². The molecule has 1 fully saturated rings. The molecule has 1 aromatic rings. The van der Waals surface area contributed by atoms with Gasteiger partial charge < -0.3 is 15.7 Å². The Labute approximate surface area is 142 Å². The van der Waals surface area contributed by atoms with Crippen molar-refractivity contribution in [3.63, 3.8) is 0 Å². The first kappa shape index (κ1) is 18.2. The third-order valence-corrected chi connectivity index (χ3v) is 5.59. The number of nitrogens with one attached hydrogen (secondary N) is 2. The minimum absolute atomic E-state index is 0.0891. The molecule has 1 aliphatic carbocycles. The van der Waals surface area contributed by atoms with Gasteiger partial charge in [-0.25, -0.2) is 9.78 Å². The van der Waals surface area contributed by atoms with Gasteiger partial charge in [0.1, 0.15) is 0 Å². The molecular weight excluding hydrogens is 310 g/mol. The summed E-state index contributed by atoms with van der Waals surface area (Å²) in [5, 5.41) is 18.4. The van der Waals surface area contributed by atoms with E-state index in [2.05, 4.69) is 27.9 Å². The molecule has 1 aliphatic rings. The summed E-state index contributed by atoms with van der Waals surface area (Å²) in [5.41, 5.74) is 1.05. The van der Waals surface area contributed by atoms with Crippen LogP contribution in [0, 0.1) is 5.92 Å². The summed E-state index contributed by atoms with van der Waals surface area (Å²) in [5.74, 6) is 0.507. The second-order valence-electron chi connectivity index (χ2n) is 6.25. The van der Waals surface area contributed by atoms with Crippen LogP contribution < -0.4 is 10.6 Å². The van der Waals surface area contributed by atoms with Crippen molar-refractivity contribution >= 4 is 17.4 Å². The summed E-state index contributed by atoms with van der Waals surface area (Å²) in [7, 11) is 0. The van der Waals surface area contributed by atoms with Crippen LogP contribution in [0.3, 0.4) is 0 Å². The molecule has 0 bridgehead atoms. The molecule has 0 radical (unpaired) electrons. The summed E-state index contributed by atoms with van der Waals surface area (Å²) >= 11 is 1.68. The lowest BCUT2D eigenvalue weighted by Crippen LogP contribution is -2.46. The van der Waals surface area contributed by atoms with Crippen molar-refractivity contribution < 1.29 is 9.90 Å². The molecule has 0 aromatic carbocycles. The molecule has 1 heterocycles. The van der Waals surface area contributed by atoms with Crippen LogP contribution in [0.4, 0.5) is 4.79 Å². The van der Waals surface area contributed by atoms with Gasteiger partial charge in [0.05, 0.1) is 10.7 Å². The fourth-order valence-electron chi connectivity index (χ4n) is 3.25. The highest BCUT2D eigenvalue weighted by molar-refractivity contribution is 7.09. The second-order valence-corrected chi connectivity index (χ2v) is 7.20. The van der Waals surface area contributed by atoms with E-state index in [-0.39, 0.29) is 18.7 Å².